The normalized spacial score (nSPS) is 11.2. The lowest BCUT2D eigenvalue weighted by molar-refractivity contribution is -0.137. The zero-order valence-corrected chi connectivity index (χ0v) is 5.76. The van der Waals surface area contributed by atoms with Crippen molar-refractivity contribution in [1.82, 2.24) is 0 Å². The van der Waals surface area contributed by atoms with Crippen molar-refractivity contribution >= 4 is 5.97 Å². The first-order valence-corrected chi connectivity index (χ1v) is 2.89. The van der Waals surface area contributed by atoms with Crippen LogP contribution in [0.2, 0.25) is 0 Å². The second kappa shape index (κ2) is 4.78. The van der Waals surface area contributed by atoms with Crippen LogP contribution in [0.4, 0.5) is 4.39 Å². The summed E-state index contributed by atoms with van der Waals surface area (Å²) in [5.74, 6) is -0.599. The van der Waals surface area contributed by atoms with E-state index in [2.05, 4.69) is 4.74 Å². The summed E-state index contributed by atoms with van der Waals surface area (Å²) < 4.78 is 16.0. The number of carbonyl (C=O) groups excluding carboxylic acids is 1. The van der Waals surface area contributed by atoms with Gasteiger partial charge in [-0.1, -0.05) is 0 Å². The lowest BCUT2D eigenvalue weighted by Crippen LogP contribution is -2.06. The molecule has 0 bridgehead atoms. The van der Waals surface area contributed by atoms with E-state index in [0.717, 1.165) is 6.08 Å². The molecule has 58 valence electrons. The lowest BCUT2D eigenvalue weighted by Gasteiger charge is -1.95. The first-order valence-electron chi connectivity index (χ1n) is 2.89. The molecule has 0 aromatic heterocycles. The smallest absolute Gasteiger partial charge is 0.332 e. The molecule has 0 aromatic rings. The van der Waals surface area contributed by atoms with Crippen molar-refractivity contribution in [1.29, 1.82) is 0 Å². The topological polar surface area (TPSA) is 52.3 Å². The zero-order chi connectivity index (χ0) is 7.98. The van der Waals surface area contributed by atoms with Gasteiger partial charge in [-0.25, -0.2) is 9.18 Å². The van der Waals surface area contributed by atoms with Crippen LogP contribution in [0.3, 0.4) is 0 Å². The largest absolute Gasteiger partial charge is 0.463 e. The Bertz CT molecular complexity index is 145. The Hall–Kier alpha value is -1.06. The first kappa shape index (κ1) is 8.94. The highest BCUT2D eigenvalue weighted by molar-refractivity contribution is 5.82. The van der Waals surface area contributed by atoms with Gasteiger partial charge < -0.3 is 10.5 Å². The molecular formula is C6H10FNO2. The van der Waals surface area contributed by atoms with E-state index in [1.54, 1.807) is 6.92 Å². The fourth-order valence-electron chi connectivity index (χ4n) is 0.374. The Morgan fingerprint density at radius 1 is 1.80 bits per heavy atom. The van der Waals surface area contributed by atoms with Crippen LogP contribution in [-0.2, 0) is 9.53 Å². The third-order valence-corrected chi connectivity index (χ3v) is 0.744. The van der Waals surface area contributed by atoms with Gasteiger partial charge in [0.2, 0.25) is 0 Å². The number of hydrogen-bond acceptors (Lipinski definition) is 3. The standard InChI is InChI=1S/C6H10FNO2/c1-2-10-6(9)3-5(8)4-7/h3H,2,4,8H2,1H3. The number of hydrogen-bond donors (Lipinski definition) is 1. The van der Waals surface area contributed by atoms with E-state index in [-0.39, 0.29) is 12.3 Å². The molecule has 0 aliphatic carbocycles. The van der Waals surface area contributed by atoms with Gasteiger partial charge in [-0.05, 0) is 6.92 Å². The summed E-state index contributed by atoms with van der Waals surface area (Å²) in [5, 5.41) is 0. The summed E-state index contributed by atoms with van der Waals surface area (Å²) in [6.07, 6.45) is 0.934. The third kappa shape index (κ3) is 3.88. The molecule has 0 atom stereocenters. The maximum Gasteiger partial charge on any atom is 0.332 e. The number of ether oxygens (including phenoxy) is 1. The van der Waals surface area contributed by atoms with Crippen molar-refractivity contribution in [3.8, 4) is 0 Å². The fraction of sp³-hybridized carbons (Fsp3) is 0.500. The molecule has 0 aliphatic rings. The van der Waals surface area contributed by atoms with Crippen molar-refractivity contribution in [2.24, 2.45) is 5.73 Å². The molecule has 0 heterocycles. The van der Waals surface area contributed by atoms with Crippen molar-refractivity contribution in [2.45, 2.75) is 6.92 Å². The predicted octanol–water partition coefficient (Wildman–Crippen LogP) is 0.362. The number of allylic oxidation sites excluding steroid dienone is 1. The Labute approximate surface area is 58.7 Å². The molecule has 0 fully saturated rings. The van der Waals surface area contributed by atoms with Gasteiger partial charge in [0.05, 0.1) is 6.61 Å². The van der Waals surface area contributed by atoms with Crippen LogP contribution in [0.5, 0.6) is 0 Å². The highest BCUT2D eigenvalue weighted by atomic mass is 19.1. The predicted molar refractivity (Wildman–Crippen MR) is 34.9 cm³/mol. The molecule has 0 amide bonds. The number of rotatable bonds is 3. The summed E-state index contributed by atoms with van der Waals surface area (Å²) in [5.41, 5.74) is 4.88. The van der Waals surface area contributed by atoms with E-state index in [1.807, 2.05) is 0 Å². The molecule has 0 aliphatic heterocycles. The molecule has 0 rings (SSSR count). The molecule has 0 saturated carbocycles. The minimum atomic E-state index is -0.821. The molecule has 0 aromatic carbocycles. The van der Waals surface area contributed by atoms with Gasteiger partial charge in [0.15, 0.2) is 0 Å². The lowest BCUT2D eigenvalue weighted by atomic mass is 10.4. The van der Waals surface area contributed by atoms with Gasteiger partial charge in [-0.2, -0.15) is 0 Å². The van der Waals surface area contributed by atoms with Crippen LogP contribution >= 0.6 is 0 Å². The number of halogens is 1. The minimum Gasteiger partial charge on any atom is -0.463 e. The number of alkyl halides is 1. The van der Waals surface area contributed by atoms with Crippen molar-refractivity contribution in [2.75, 3.05) is 13.3 Å². The maximum absolute atomic E-state index is 11.6. The Balaban J connectivity index is 3.75. The van der Waals surface area contributed by atoms with Crippen molar-refractivity contribution < 1.29 is 13.9 Å². The quantitative estimate of drug-likeness (QED) is 0.463. The average Bonchev–Trinajstić information content (AvgIpc) is 1.88. The zero-order valence-electron chi connectivity index (χ0n) is 5.76. The number of nitrogens with two attached hydrogens (primary N) is 1. The first-order chi connectivity index (χ1) is 4.70. The molecule has 10 heavy (non-hydrogen) atoms. The maximum atomic E-state index is 11.6. The molecule has 0 unspecified atom stereocenters. The molecule has 3 nitrogen and oxygen atoms in total. The fourth-order valence-corrected chi connectivity index (χ4v) is 0.374. The van der Waals surface area contributed by atoms with Crippen LogP contribution in [0.25, 0.3) is 0 Å². The van der Waals surface area contributed by atoms with Crippen LogP contribution in [0, 0.1) is 0 Å². The summed E-state index contributed by atoms with van der Waals surface area (Å²) in [6.45, 7) is 1.12. The van der Waals surface area contributed by atoms with Gasteiger partial charge in [0.1, 0.15) is 6.67 Å². The molecule has 4 heteroatoms. The van der Waals surface area contributed by atoms with Crippen LogP contribution in [-0.4, -0.2) is 19.3 Å². The van der Waals surface area contributed by atoms with E-state index < -0.39 is 12.6 Å². The van der Waals surface area contributed by atoms with Crippen LogP contribution < -0.4 is 5.73 Å². The highest BCUT2D eigenvalue weighted by Gasteiger charge is 1.96. The number of carbonyl (C=O) groups is 1. The van der Waals surface area contributed by atoms with E-state index in [1.165, 1.54) is 0 Å². The summed E-state index contributed by atoms with van der Waals surface area (Å²) in [4.78, 5) is 10.5. The van der Waals surface area contributed by atoms with Gasteiger partial charge >= 0.3 is 5.97 Å². The summed E-state index contributed by atoms with van der Waals surface area (Å²) in [7, 11) is 0. The van der Waals surface area contributed by atoms with E-state index >= 15 is 0 Å². The summed E-state index contributed by atoms with van der Waals surface area (Å²) in [6, 6.07) is 0. The monoisotopic (exact) mass is 147 g/mol. The van der Waals surface area contributed by atoms with Gasteiger partial charge in [0, 0.05) is 11.8 Å². The second-order valence-electron chi connectivity index (χ2n) is 1.60. The molecule has 0 spiro atoms. The Morgan fingerprint density at radius 2 is 2.40 bits per heavy atom. The van der Waals surface area contributed by atoms with E-state index in [0.29, 0.717) is 0 Å². The third-order valence-electron chi connectivity index (χ3n) is 0.744. The average molecular weight is 147 g/mol. The second-order valence-corrected chi connectivity index (χ2v) is 1.60. The Kier molecular flexibility index (Phi) is 4.28. The molecule has 0 radical (unpaired) electrons. The molecule has 2 N–H and O–H groups in total. The van der Waals surface area contributed by atoms with Gasteiger partial charge in [-0.3, -0.25) is 0 Å². The van der Waals surface area contributed by atoms with E-state index in [9.17, 15) is 9.18 Å². The van der Waals surface area contributed by atoms with Crippen molar-refractivity contribution in [3.05, 3.63) is 11.8 Å². The van der Waals surface area contributed by atoms with E-state index in [4.69, 9.17) is 5.73 Å². The molecular weight excluding hydrogens is 137 g/mol. The molecule has 0 saturated heterocycles. The van der Waals surface area contributed by atoms with Crippen LogP contribution in [0.1, 0.15) is 6.92 Å². The summed E-state index contributed by atoms with van der Waals surface area (Å²) >= 11 is 0. The van der Waals surface area contributed by atoms with Gasteiger partial charge in [0.25, 0.3) is 0 Å². The van der Waals surface area contributed by atoms with Gasteiger partial charge in [-0.15, -0.1) is 0 Å². The highest BCUT2D eigenvalue weighted by Crippen LogP contribution is 1.87. The van der Waals surface area contributed by atoms with Crippen LogP contribution in [0.15, 0.2) is 11.8 Å². The Morgan fingerprint density at radius 3 is 2.80 bits per heavy atom. The number of esters is 1. The van der Waals surface area contributed by atoms with Crippen molar-refractivity contribution in [3.63, 3.8) is 0 Å². The SMILES string of the molecule is CCOC(=O)C=C(N)CF. The minimum absolute atomic E-state index is 0.113.